The van der Waals surface area contributed by atoms with Gasteiger partial charge < -0.3 is 4.74 Å². The zero-order valence-corrected chi connectivity index (χ0v) is 16.7. The van der Waals surface area contributed by atoms with E-state index >= 15 is 0 Å². The molecule has 2 aromatic rings. The van der Waals surface area contributed by atoms with Crippen LogP contribution in [0.25, 0.3) is 0 Å². The van der Waals surface area contributed by atoms with Crippen LogP contribution < -0.4 is 9.46 Å². The van der Waals surface area contributed by atoms with Crippen molar-refractivity contribution in [3.63, 3.8) is 0 Å². The van der Waals surface area contributed by atoms with Crippen LogP contribution >= 0.6 is 11.8 Å². The molecule has 1 atom stereocenters. The monoisotopic (exact) mass is 407 g/mol. The number of hydrogen-bond donors (Lipinski definition) is 1. The molecule has 27 heavy (non-hydrogen) atoms. The van der Waals surface area contributed by atoms with E-state index in [1.165, 1.54) is 43.0 Å². The summed E-state index contributed by atoms with van der Waals surface area (Å²) in [7, 11) is -3.85. The van der Waals surface area contributed by atoms with Gasteiger partial charge in [-0.1, -0.05) is 18.2 Å². The normalized spacial score (nSPS) is 12.4. The molecule has 8 heteroatoms. The average Bonchev–Trinajstić information content (AvgIpc) is 2.66. The van der Waals surface area contributed by atoms with Gasteiger partial charge in [0.1, 0.15) is 11.8 Å². The van der Waals surface area contributed by atoms with Crippen LogP contribution in [0.4, 0.5) is 0 Å². The Balaban J connectivity index is 2.14. The lowest BCUT2D eigenvalue weighted by atomic mass is 10.1. The minimum absolute atomic E-state index is 0.0813. The van der Waals surface area contributed by atoms with Gasteiger partial charge in [0.15, 0.2) is 5.78 Å². The van der Waals surface area contributed by atoms with Crippen molar-refractivity contribution in [2.45, 2.75) is 24.3 Å². The van der Waals surface area contributed by atoms with Gasteiger partial charge in [0.05, 0.1) is 4.90 Å². The summed E-state index contributed by atoms with van der Waals surface area (Å²) in [5.41, 5.74) is 0.499. The number of esters is 1. The van der Waals surface area contributed by atoms with E-state index in [0.29, 0.717) is 11.3 Å². The van der Waals surface area contributed by atoms with Gasteiger partial charge in [-0.2, -0.15) is 16.5 Å². The average molecular weight is 408 g/mol. The molecule has 0 bridgehead atoms. The van der Waals surface area contributed by atoms with Crippen molar-refractivity contribution in [2.75, 3.05) is 12.0 Å². The molecule has 0 saturated carbocycles. The van der Waals surface area contributed by atoms with Crippen LogP contribution in [-0.2, 0) is 14.8 Å². The van der Waals surface area contributed by atoms with Crippen LogP contribution in [0.5, 0.6) is 5.75 Å². The lowest BCUT2D eigenvalue weighted by Crippen LogP contribution is -2.43. The first-order chi connectivity index (χ1) is 12.8. The zero-order valence-electron chi connectivity index (χ0n) is 15.0. The van der Waals surface area contributed by atoms with E-state index in [-0.39, 0.29) is 22.8 Å². The molecule has 0 amide bonds. The molecule has 0 aliphatic heterocycles. The van der Waals surface area contributed by atoms with Crippen LogP contribution in [0.15, 0.2) is 59.5 Å². The third-order valence-corrected chi connectivity index (χ3v) is 5.86. The highest BCUT2D eigenvalue weighted by Gasteiger charge is 2.27. The molecule has 0 heterocycles. The molecule has 6 nitrogen and oxygen atoms in total. The second-order valence-corrected chi connectivity index (χ2v) is 8.47. The Labute approximate surface area is 163 Å². The molecule has 2 aromatic carbocycles. The highest BCUT2D eigenvalue weighted by Crippen LogP contribution is 2.16. The van der Waals surface area contributed by atoms with E-state index in [1.54, 1.807) is 30.3 Å². The summed E-state index contributed by atoms with van der Waals surface area (Å²) < 4.78 is 32.8. The van der Waals surface area contributed by atoms with Gasteiger partial charge in [0.25, 0.3) is 0 Å². The number of carbonyl (C=O) groups excluding carboxylic acids is 2. The third-order valence-electron chi connectivity index (χ3n) is 3.73. The Morgan fingerprint density at radius 3 is 2.26 bits per heavy atom. The largest absolute Gasteiger partial charge is 0.425 e. The number of sulfonamides is 1. The maximum absolute atomic E-state index is 12.5. The van der Waals surface area contributed by atoms with Gasteiger partial charge in [-0.25, -0.2) is 13.2 Å². The molecule has 2 rings (SSSR count). The van der Waals surface area contributed by atoms with Crippen LogP contribution in [0.1, 0.15) is 23.7 Å². The Morgan fingerprint density at radius 2 is 1.70 bits per heavy atom. The number of thioether (sulfide) groups is 1. The molecule has 0 aromatic heterocycles. The molecule has 0 saturated heterocycles. The van der Waals surface area contributed by atoms with E-state index in [0.717, 1.165) is 0 Å². The molecule has 0 radical (unpaired) electrons. The van der Waals surface area contributed by atoms with E-state index < -0.39 is 22.0 Å². The van der Waals surface area contributed by atoms with Crippen molar-refractivity contribution < 1.29 is 22.7 Å². The van der Waals surface area contributed by atoms with E-state index in [9.17, 15) is 18.0 Å². The number of carbonyl (C=O) groups is 2. The maximum Gasteiger partial charge on any atom is 0.329 e. The number of nitrogens with one attached hydrogen (secondary N) is 1. The zero-order chi connectivity index (χ0) is 19.9. The maximum atomic E-state index is 12.5. The smallest absolute Gasteiger partial charge is 0.329 e. The number of hydrogen-bond acceptors (Lipinski definition) is 6. The minimum Gasteiger partial charge on any atom is -0.425 e. The summed E-state index contributed by atoms with van der Waals surface area (Å²) in [4.78, 5) is 23.9. The lowest BCUT2D eigenvalue weighted by Gasteiger charge is -2.17. The van der Waals surface area contributed by atoms with Crippen LogP contribution in [0.3, 0.4) is 0 Å². The van der Waals surface area contributed by atoms with Crippen molar-refractivity contribution in [1.29, 1.82) is 0 Å². The fraction of sp³-hybridized carbons (Fsp3) is 0.263. The Hall–Kier alpha value is -2.16. The molecule has 0 aliphatic rings. The first-order valence-electron chi connectivity index (χ1n) is 8.22. The van der Waals surface area contributed by atoms with Crippen molar-refractivity contribution in [3.8, 4) is 5.75 Å². The molecule has 144 valence electrons. The van der Waals surface area contributed by atoms with E-state index in [1.807, 2.05) is 6.26 Å². The number of benzene rings is 2. The second-order valence-electron chi connectivity index (χ2n) is 5.77. The number of ether oxygens (including phenoxy) is 1. The summed E-state index contributed by atoms with van der Waals surface area (Å²) in [6, 6.07) is 12.9. The van der Waals surface area contributed by atoms with Gasteiger partial charge in [-0.3, -0.25) is 4.79 Å². The Morgan fingerprint density at radius 1 is 1.07 bits per heavy atom. The van der Waals surface area contributed by atoms with Gasteiger partial charge >= 0.3 is 5.97 Å². The number of ketones is 1. The van der Waals surface area contributed by atoms with Crippen molar-refractivity contribution in [2.24, 2.45) is 0 Å². The first-order valence-corrected chi connectivity index (χ1v) is 11.1. The lowest BCUT2D eigenvalue weighted by molar-refractivity contribution is -0.136. The summed E-state index contributed by atoms with van der Waals surface area (Å²) in [5.74, 6) is 0.0407. The highest BCUT2D eigenvalue weighted by atomic mass is 32.2. The minimum atomic E-state index is -3.85. The molecule has 0 aliphatic carbocycles. The summed E-state index contributed by atoms with van der Waals surface area (Å²) in [6.07, 6.45) is 2.16. The predicted octanol–water partition coefficient (Wildman–Crippen LogP) is 2.89. The molecular weight excluding hydrogens is 386 g/mol. The van der Waals surface area contributed by atoms with Gasteiger partial charge in [0.2, 0.25) is 10.0 Å². The quantitative estimate of drug-likeness (QED) is 0.391. The highest BCUT2D eigenvalue weighted by molar-refractivity contribution is 7.98. The van der Waals surface area contributed by atoms with Crippen LogP contribution in [0, 0.1) is 0 Å². The Bertz CT molecular complexity index is 880. The van der Waals surface area contributed by atoms with Crippen molar-refractivity contribution in [3.05, 3.63) is 60.2 Å². The van der Waals surface area contributed by atoms with Gasteiger partial charge in [-0.05, 0) is 61.8 Å². The van der Waals surface area contributed by atoms with E-state index in [4.69, 9.17) is 4.74 Å². The standard InChI is InChI=1S/C19H21NO5S2/c1-14(21)15-8-10-16(11-9-15)25-19(22)18(12-13-26-2)20-27(23,24)17-6-4-3-5-7-17/h3-11,18,20H,12-13H2,1-2H3/t18-/m1/s1. The summed E-state index contributed by atoms with van der Waals surface area (Å²) in [6.45, 7) is 1.44. The Kier molecular flexibility index (Phi) is 7.58. The first kappa shape index (κ1) is 21.1. The summed E-state index contributed by atoms with van der Waals surface area (Å²) in [5, 5.41) is 0. The van der Waals surface area contributed by atoms with Crippen LogP contribution in [-0.4, -0.2) is 38.2 Å². The second kappa shape index (κ2) is 9.68. The molecular formula is C19H21NO5S2. The summed E-state index contributed by atoms with van der Waals surface area (Å²) >= 11 is 1.50. The number of rotatable bonds is 9. The molecule has 0 fully saturated rings. The molecule has 0 spiro atoms. The van der Waals surface area contributed by atoms with Gasteiger partial charge in [-0.15, -0.1) is 0 Å². The number of Topliss-reactive ketones (excluding diaryl/α,β-unsaturated/α-hetero) is 1. The molecule has 1 N–H and O–H groups in total. The van der Waals surface area contributed by atoms with Crippen molar-refractivity contribution >= 4 is 33.5 Å². The van der Waals surface area contributed by atoms with Gasteiger partial charge in [0, 0.05) is 5.56 Å². The fourth-order valence-electron chi connectivity index (χ4n) is 2.26. The predicted molar refractivity (Wildman–Crippen MR) is 106 cm³/mol. The van der Waals surface area contributed by atoms with Crippen molar-refractivity contribution in [1.82, 2.24) is 4.72 Å². The topological polar surface area (TPSA) is 89.5 Å². The fourth-order valence-corrected chi connectivity index (χ4v) is 3.97. The third kappa shape index (κ3) is 6.20. The molecule has 0 unspecified atom stereocenters. The van der Waals surface area contributed by atoms with E-state index in [2.05, 4.69) is 4.72 Å². The SMILES string of the molecule is CSCC[C@@H](NS(=O)(=O)c1ccccc1)C(=O)Oc1ccc(C(C)=O)cc1. The van der Waals surface area contributed by atoms with Crippen LogP contribution in [0.2, 0.25) is 0 Å².